The molecule has 1 aromatic carbocycles. The van der Waals surface area contributed by atoms with Gasteiger partial charge in [-0.05, 0) is 110 Å². The maximum atomic E-state index is 10.3. The topological polar surface area (TPSA) is 41.8 Å². The molecule has 1 N–H and O–H groups in total. The van der Waals surface area contributed by atoms with Crippen molar-refractivity contribution in [1.29, 1.82) is 0 Å². The monoisotopic (exact) mass is 467 g/mol. The summed E-state index contributed by atoms with van der Waals surface area (Å²) in [6, 6.07) is 8.28. The van der Waals surface area contributed by atoms with Crippen LogP contribution >= 0.6 is 11.6 Å². The molecule has 33 heavy (non-hydrogen) atoms. The fourth-order valence-corrected chi connectivity index (χ4v) is 9.01. The fraction of sp³-hybridized carbons (Fsp3) is 0.690. The summed E-state index contributed by atoms with van der Waals surface area (Å²) < 4.78 is 6.01. The van der Waals surface area contributed by atoms with Gasteiger partial charge in [0.25, 0.3) is 0 Å². The third-order valence-corrected chi connectivity index (χ3v) is 10.9. The minimum atomic E-state index is -0.119. The van der Waals surface area contributed by atoms with Crippen molar-refractivity contribution in [2.45, 2.75) is 83.8 Å². The van der Waals surface area contributed by atoms with E-state index in [9.17, 15) is 5.11 Å². The molecular weight excluding hydrogens is 430 g/mol. The molecule has 0 bridgehead atoms. The predicted octanol–water partition coefficient (Wildman–Crippen LogP) is 6.82. The van der Waals surface area contributed by atoms with Crippen molar-refractivity contribution in [3.05, 3.63) is 46.5 Å². The second kappa shape index (κ2) is 8.12. The van der Waals surface area contributed by atoms with Crippen LogP contribution in [-0.4, -0.2) is 29.8 Å². The number of rotatable bonds is 2. The number of nitrogens with zero attached hydrogens (tertiary/aromatic N) is 1. The van der Waals surface area contributed by atoms with E-state index in [4.69, 9.17) is 21.3 Å². The fourth-order valence-electron chi connectivity index (χ4n) is 8.88. The van der Waals surface area contributed by atoms with Crippen molar-refractivity contribution in [3.8, 4) is 0 Å². The van der Waals surface area contributed by atoms with Crippen LogP contribution in [0.25, 0.3) is 0 Å². The Bertz CT molecular complexity index is 970. The lowest BCUT2D eigenvalue weighted by Gasteiger charge is -2.58. The van der Waals surface area contributed by atoms with Crippen molar-refractivity contribution < 1.29 is 9.84 Å². The van der Waals surface area contributed by atoms with Crippen LogP contribution in [0.2, 0.25) is 5.02 Å². The zero-order chi connectivity index (χ0) is 22.8. The molecule has 1 heterocycles. The van der Waals surface area contributed by atoms with Gasteiger partial charge in [-0.15, -0.1) is 0 Å². The van der Waals surface area contributed by atoms with Gasteiger partial charge in [0, 0.05) is 17.0 Å². The van der Waals surface area contributed by atoms with Crippen molar-refractivity contribution in [2.75, 3.05) is 6.61 Å². The highest BCUT2D eigenvalue weighted by atomic mass is 35.5. The van der Waals surface area contributed by atoms with Crippen LogP contribution in [-0.2, 0) is 4.74 Å². The van der Waals surface area contributed by atoms with E-state index in [0.717, 1.165) is 60.1 Å². The summed E-state index contributed by atoms with van der Waals surface area (Å²) in [5.74, 6) is 3.87. The lowest BCUT2D eigenvalue weighted by atomic mass is 9.47. The molecule has 4 aliphatic carbocycles. The minimum absolute atomic E-state index is 0.119. The van der Waals surface area contributed by atoms with Gasteiger partial charge in [-0.2, -0.15) is 0 Å². The number of benzene rings is 1. The first-order chi connectivity index (χ1) is 15.9. The van der Waals surface area contributed by atoms with Gasteiger partial charge in [0.05, 0.1) is 18.8 Å². The van der Waals surface area contributed by atoms with Crippen LogP contribution in [0, 0.1) is 34.5 Å². The van der Waals surface area contributed by atoms with Crippen LogP contribution in [0.5, 0.6) is 0 Å². The maximum absolute atomic E-state index is 10.3. The van der Waals surface area contributed by atoms with Gasteiger partial charge in [-0.1, -0.05) is 37.1 Å². The van der Waals surface area contributed by atoms with E-state index in [1.165, 1.54) is 38.5 Å². The largest absolute Gasteiger partial charge is 0.477 e. The van der Waals surface area contributed by atoms with E-state index < -0.39 is 0 Å². The van der Waals surface area contributed by atoms with Crippen molar-refractivity contribution in [2.24, 2.45) is 39.5 Å². The zero-order valence-electron chi connectivity index (χ0n) is 20.1. The molecule has 3 saturated carbocycles. The third kappa shape index (κ3) is 3.52. The molecule has 3 nitrogen and oxygen atoms in total. The molecule has 0 radical (unpaired) electrons. The molecule has 0 unspecified atom stereocenters. The van der Waals surface area contributed by atoms with Gasteiger partial charge < -0.3 is 9.84 Å². The molecule has 4 heteroatoms. The molecule has 0 spiro atoms. The zero-order valence-corrected chi connectivity index (χ0v) is 20.9. The Kier molecular flexibility index (Phi) is 5.46. The normalized spacial score (nSPS) is 44.6. The van der Waals surface area contributed by atoms with Crippen molar-refractivity contribution in [3.63, 3.8) is 0 Å². The lowest BCUT2D eigenvalue weighted by Crippen LogP contribution is -2.51. The minimum Gasteiger partial charge on any atom is -0.477 e. The number of hydrogen-bond acceptors (Lipinski definition) is 3. The molecule has 5 aliphatic rings. The van der Waals surface area contributed by atoms with Gasteiger partial charge in [-0.25, -0.2) is 4.99 Å². The van der Waals surface area contributed by atoms with Crippen LogP contribution in [0.15, 0.2) is 40.9 Å². The highest BCUT2D eigenvalue weighted by molar-refractivity contribution is 6.30. The molecule has 1 aromatic rings. The predicted molar refractivity (Wildman–Crippen MR) is 134 cm³/mol. The molecular formula is C29H38ClNO2. The van der Waals surface area contributed by atoms with E-state index in [1.54, 1.807) is 5.57 Å². The third-order valence-electron chi connectivity index (χ3n) is 10.6. The molecule has 0 aromatic heterocycles. The lowest BCUT2D eigenvalue weighted by molar-refractivity contribution is -0.0539. The number of halogens is 1. The first-order valence-electron chi connectivity index (χ1n) is 13.2. The summed E-state index contributed by atoms with van der Waals surface area (Å²) in [6.07, 6.45) is 13.1. The second-order valence-electron chi connectivity index (χ2n) is 12.0. The standard InChI is InChI=1S/C29H38ClNO2/c1-28-14-11-21(32)17-19(28)5-8-22-23-9-10-25(29(23,2)15-12-24(22)28)26-13-16-33-27(31-26)18-3-6-20(30)7-4-18/h3-7,21-26,32H,8-17H2,1-2H3/t21-,22-,23-,24-,25+,26-,28-,29-/m0/s1. The number of fused-ring (bicyclic) bond motifs is 5. The Hall–Kier alpha value is -1.32. The van der Waals surface area contributed by atoms with E-state index in [-0.39, 0.29) is 6.10 Å². The van der Waals surface area contributed by atoms with Gasteiger partial charge >= 0.3 is 0 Å². The van der Waals surface area contributed by atoms with Crippen LogP contribution < -0.4 is 0 Å². The van der Waals surface area contributed by atoms with Gasteiger partial charge in [0.2, 0.25) is 5.90 Å². The molecule has 8 atom stereocenters. The Morgan fingerprint density at radius 1 is 0.970 bits per heavy atom. The summed E-state index contributed by atoms with van der Waals surface area (Å²) in [7, 11) is 0. The summed E-state index contributed by atoms with van der Waals surface area (Å²) in [4.78, 5) is 5.20. The second-order valence-corrected chi connectivity index (χ2v) is 12.5. The first-order valence-corrected chi connectivity index (χ1v) is 13.6. The Balaban J connectivity index is 1.26. The number of aliphatic hydroxyl groups is 1. The average Bonchev–Trinajstić information content (AvgIpc) is 3.17. The summed E-state index contributed by atoms with van der Waals surface area (Å²) >= 11 is 6.10. The maximum Gasteiger partial charge on any atom is 0.216 e. The van der Waals surface area contributed by atoms with E-state index in [2.05, 4.69) is 19.9 Å². The smallest absolute Gasteiger partial charge is 0.216 e. The molecule has 178 valence electrons. The quantitative estimate of drug-likeness (QED) is 0.485. The van der Waals surface area contributed by atoms with Crippen LogP contribution in [0.3, 0.4) is 0 Å². The highest BCUT2D eigenvalue weighted by Crippen LogP contribution is 2.67. The van der Waals surface area contributed by atoms with Crippen LogP contribution in [0.1, 0.15) is 77.2 Å². The molecule has 6 rings (SSSR count). The summed E-state index contributed by atoms with van der Waals surface area (Å²) in [5.41, 5.74) is 3.32. The molecule has 3 fully saturated rings. The van der Waals surface area contributed by atoms with E-state index in [1.807, 2.05) is 24.3 Å². The Labute approximate surface area is 203 Å². The number of hydrogen-bond donors (Lipinski definition) is 1. The summed E-state index contributed by atoms with van der Waals surface area (Å²) in [6.45, 7) is 5.89. The molecule has 0 amide bonds. The molecule has 0 saturated heterocycles. The number of aliphatic hydroxyl groups excluding tert-OH is 1. The van der Waals surface area contributed by atoms with E-state index in [0.29, 0.717) is 22.8 Å². The van der Waals surface area contributed by atoms with Gasteiger partial charge in [0.15, 0.2) is 0 Å². The highest BCUT2D eigenvalue weighted by Gasteiger charge is 2.59. The van der Waals surface area contributed by atoms with Crippen molar-refractivity contribution in [1.82, 2.24) is 0 Å². The van der Waals surface area contributed by atoms with Crippen molar-refractivity contribution >= 4 is 17.5 Å². The SMILES string of the molecule is C[C@]12CC[C@H]3[C@@H](CC=C4C[C@@H](O)CC[C@@]43C)[C@@H]1CC[C@@H]2[C@@H]1CCOC(c2ccc(Cl)cc2)=N1. The number of aliphatic imine (C=N–C) groups is 1. The first kappa shape index (κ1) is 22.2. The van der Waals surface area contributed by atoms with Gasteiger partial charge in [-0.3, -0.25) is 0 Å². The number of allylic oxidation sites excluding steroid dienone is 1. The summed E-state index contributed by atoms with van der Waals surface area (Å²) in [5, 5.41) is 11.0. The average molecular weight is 468 g/mol. The van der Waals surface area contributed by atoms with E-state index >= 15 is 0 Å². The molecule has 1 aliphatic heterocycles. The Morgan fingerprint density at radius 3 is 2.58 bits per heavy atom. The van der Waals surface area contributed by atoms with Crippen LogP contribution in [0.4, 0.5) is 0 Å². The number of ether oxygens (including phenoxy) is 1. The Morgan fingerprint density at radius 2 is 1.76 bits per heavy atom. The van der Waals surface area contributed by atoms with Gasteiger partial charge in [0.1, 0.15) is 0 Å².